The maximum atomic E-state index is 11.2. The first-order valence-corrected chi connectivity index (χ1v) is 6.76. The van der Waals surface area contributed by atoms with Gasteiger partial charge in [-0.05, 0) is 28.1 Å². The molecule has 0 aliphatic rings. The number of pyridine rings is 3. The quantitative estimate of drug-likeness (QED) is 0.788. The molecular formula is C14H9BrN4O2. The lowest BCUT2D eigenvalue weighted by molar-refractivity contribution is 0.0999. The van der Waals surface area contributed by atoms with Crippen molar-refractivity contribution in [3.05, 3.63) is 53.0 Å². The third-order valence-corrected chi connectivity index (χ3v) is 3.17. The van der Waals surface area contributed by atoms with Crippen molar-refractivity contribution in [3.8, 4) is 11.5 Å². The maximum absolute atomic E-state index is 11.2. The first-order chi connectivity index (χ1) is 10.1. The molecule has 0 aliphatic heterocycles. The van der Waals surface area contributed by atoms with Crippen LogP contribution in [0.1, 0.15) is 10.4 Å². The number of hydrogen-bond donors (Lipinski definition) is 1. The number of amides is 1. The van der Waals surface area contributed by atoms with Crippen LogP contribution >= 0.6 is 15.9 Å². The molecule has 1 amide bonds. The number of primary amides is 1. The van der Waals surface area contributed by atoms with Crippen LogP contribution in [0.3, 0.4) is 0 Å². The Hall–Kier alpha value is -2.54. The minimum atomic E-state index is -0.561. The molecule has 21 heavy (non-hydrogen) atoms. The summed E-state index contributed by atoms with van der Waals surface area (Å²) >= 11 is 3.34. The number of halogens is 1. The molecule has 0 bridgehead atoms. The molecule has 0 aromatic carbocycles. The van der Waals surface area contributed by atoms with Crippen LogP contribution in [0.2, 0.25) is 0 Å². The fraction of sp³-hybridized carbons (Fsp3) is 0. The smallest absolute Gasteiger partial charge is 0.250 e. The van der Waals surface area contributed by atoms with Crippen LogP contribution in [0.15, 0.2) is 47.5 Å². The molecule has 0 spiro atoms. The zero-order chi connectivity index (χ0) is 14.8. The second kappa shape index (κ2) is 5.45. The number of hydrogen-bond acceptors (Lipinski definition) is 5. The van der Waals surface area contributed by atoms with Crippen LogP contribution in [-0.2, 0) is 0 Å². The first-order valence-electron chi connectivity index (χ1n) is 5.96. The monoisotopic (exact) mass is 344 g/mol. The Kier molecular flexibility index (Phi) is 3.49. The molecule has 0 saturated carbocycles. The molecule has 0 fully saturated rings. The van der Waals surface area contributed by atoms with E-state index in [-0.39, 0.29) is 5.56 Å². The van der Waals surface area contributed by atoms with Crippen molar-refractivity contribution >= 4 is 32.9 Å². The highest BCUT2D eigenvalue weighted by molar-refractivity contribution is 9.10. The summed E-state index contributed by atoms with van der Waals surface area (Å²) in [6.07, 6.45) is 6.17. The number of ether oxygens (including phenoxy) is 1. The van der Waals surface area contributed by atoms with Crippen molar-refractivity contribution < 1.29 is 9.53 Å². The van der Waals surface area contributed by atoms with Crippen LogP contribution in [0.4, 0.5) is 0 Å². The standard InChI is InChI=1S/C14H9BrN4O2/c15-9-4-11-13(19-6-9)12(1-2-18-11)21-10-3-8(14(16)20)5-17-7-10/h1-7H,(H2,16,20). The van der Waals surface area contributed by atoms with Crippen molar-refractivity contribution in [1.82, 2.24) is 15.0 Å². The van der Waals surface area contributed by atoms with Crippen LogP contribution in [0.25, 0.3) is 11.0 Å². The average molecular weight is 345 g/mol. The van der Waals surface area contributed by atoms with E-state index in [9.17, 15) is 4.79 Å². The van der Waals surface area contributed by atoms with Gasteiger partial charge in [0.2, 0.25) is 5.91 Å². The zero-order valence-electron chi connectivity index (χ0n) is 10.7. The van der Waals surface area contributed by atoms with Crippen LogP contribution < -0.4 is 10.5 Å². The lowest BCUT2D eigenvalue weighted by Gasteiger charge is -2.08. The molecule has 3 rings (SSSR count). The highest BCUT2D eigenvalue weighted by Gasteiger charge is 2.08. The van der Waals surface area contributed by atoms with Gasteiger partial charge in [-0.15, -0.1) is 0 Å². The number of nitrogens with zero attached hydrogens (tertiary/aromatic N) is 3. The molecule has 0 unspecified atom stereocenters. The van der Waals surface area contributed by atoms with Gasteiger partial charge in [-0.25, -0.2) is 4.98 Å². The molecule has 0 saturated heterocycles. The van der Waals surface area contributed by atoms with Gasteiger partial charge in [0.15, 0.2) is 5.75 Å². The zero-order valence-corrected chi connectivity index (χ0v) is 12.2. The molecule has 3 heterocycles. The molecule has 3 aromatic rings. The van der Waals surface area contributed by atoms with E-state index in [2.05, 4.69) is 30.9 Å². The maximum Gasteiger partial charge on any atom is 0.250 e. The molecule has 0 radical (unpaired) electrons. The lowest BCUT2D eigenvalue weighted by atomic mass is 10.2. The Morgan fingerprint density at radius 2 is 2.05 bits per heavy atom. The number of rotatable bonds is 3. The average Bonchev–Trinajstić information content (AvgIpc) is 2.47. The number of nitrogens with two attached hydrogens (primary N) is 1. The highest BCUT2D eigenvalue weighted by atomic mass is 79.9. The van der Waals surface area contributed by atoms with E-state index in [1.54, 1.807) is 18.5 Å². The third-order valence-electron chi connectivity index (χ3n) is 2.73. The molecule has 2 N–H and O–H groups in total. The normalized spacial score (nSPS) is 10.5. The van der Waals surface area contributed by atoms with Gasteiger partial charge in [0, 0.05) is 29.1 Å². The molecular weight excluding hydrogens is 336 g/mol. The Bertz CT molecular complexity index is 838. The van der Waals surface area contributed by atoms with Crippen molar-refractivity contribution in [3.63, 3.8) is 0 Å². The van der Waals surface area contributed by atoms with Crippen LogP contribution in [0, 0.1) is 0 Å². The summed E-state index contributed by atoms with van der Waals surface area (Å²) in [5.74, 6) is 0.369. The second-order valence-electron chi connectivity index (χ2n) is 4.21. The van der Waals surface area contributed by atoms with Gasteiger partial charge in [-0.1, -0.05) is 0 Å². The fourth-order valence-corrected chi connectivity index (χ4v) is 2.12. The summed E-state index contributed by atoms with van der Waals surface area (Å²) in [6, 6.07) is 5.06. The highest BCUT2D eigenvalue weighted by Crippen LogP contribution is 2.28. The van der Waals surface area contributed by atoms with Crippen molar-refractivity contribution in [2.75, 3.05) is 0 Å². The van der Waals surface area contributed by atoms with Crippen molar-refractivity contribution in [2.24, 2.45) is 5.73 Å². The summed E-state index contributed by atoms with van der Waals surface area (Å²) in [5.41, 5.74) is 6.81. The Morgan fingerprint density at radius 3 is 2.86 bits per heavy atom. The number of fused-ring (bicyclic) bond motifs is 1. The number of carbonyl (C=O) groups excluding carboxylic acids is 1. The minimum Gasteiger partial charge on any atom is -0.453 e. The molecule has 6 nitrogen and oxygen atoms in total. The minimum absolute atomic E-state index is 0.279. The van der Waals surface area contributed by atoms with Gasteiger partial charge in [0.1, 0.15) is 11.3 Å². The van der Waals surface area contributed by atoms with E-state index in [1.165, 1.54) is 18.5 Å². The summed E-state index contributed by atoms with van der Waals surface area (Å²) in [4.78, 5) is 23.6. The molecule has 0 atom stereocenters. The Morgan fingerprint density at radius 1 is 1.19 bits per heavy atom. The topological polar surface area (TPSA) is 91.0 Å². The van der Waals surface area contributed by atoms with Crippen LogP contribution in [0.5, 0.6) is 11.5 Å². The number of aromatic nitrogens is 3. The lowest BCUT2D eigenvalue weighted by Crippen LogP contribution is -2.11. The summed E-state index contributed by atoms with van der Waals surface area (Å²) in [6.45, 7) is 0. The summed E-state index contributed by atoms with van der Waals surface area (Å²) in [5, 5.41) is 0. The van der Waals surface area contributed by atoms with Gasteiger partial charge in [0.25, 0.3) is 0 Å². The SMILES string of the molecule is NC(=O)c1cncc(Oc2ccnc3cc(Br)cnc23)c1. The van der Waals surface area contributed by atoms with Gasteiger partial charge in [-0.3, -0.25) is 14.8 Å². The van der Waals surface area contributed by atoms with Crippen molar-refractivity contribution in [2.45, 2.75) is 0 Å². The summed E-state index contributed by atoms with van der Waals surface area (Å²) < 4.78 is 6.56. The Balaban J connectivity index is 2.02. The predicted molar refractivity (Wildman–Crippen MR) is 80.1 cm³/mol. The molecule has 7 heteroatoms. The second-order valence-corrected chi connectivity index (χ2v) is 5.12. The third kappa shape index (κ3) is 2.82. The van der Waals surface area contributed by atoms with E-state index in [4.69, 9.17) is 10.5 Å². The predicted octanol–water partition coefficient (Wildman–Crippen LogP) is 2.68. The molecule has 0 aliphatic carbocycles. The molecule has 3 aromatic heterocycles. The van der Waals surface area contributed by atoms with Gasteiger partial charge < -0.3 is 10.5 Å². The van der Waals surface area contributed by atoms with E-state index < -0.39 is 5.91 Å². The molecule has 104 valence electrons. The first kappa shape index (κ1) is 13.4. The van der Waals surface area contributed by atoms with Crippen molar-refractivity contribution in [1.29, 1.82) is 0 Å². The summed E-state index contributed by atoms with van der Waals surface area (Å²) in [7, 11) is 0. The van der Waals surface area contributed by atoms with E-state index >= 15 is 0 Å². The van der Waals surface area contributed by atoms with Crippen LogP contribution in [-0.4, -0.2) is 20.9 Å². The van der Waals surface area contributed by atoms with Gasteiger partial charge in [-0.2, -0.15) is 0 Å². The van der Waals surface area contributed by atoms with Gasteiger partial charge in [0.05, 0.1) is 17.3 Å². The number of carbonyl (C=O) groups is 1. The van der Waals surface area contributed by atoms with E-state index in [1.807, 2.05) is 6.07 Å². The van der Waals surface area contributed by atoms with Gasteiger partial charge >= 0.3 is 0 Å². The van der Waals surface area contributed by atoms with E-state index in [0.717, 1.165) is 4.47 Å². The Labute approximate surface area is 128 Å². The van der Waals surface area contributed by atoms with E-state index in [0.29, 0.717) is 22.5 Å². The fourth-order valence-electron chi connectivity index (χ4n) is 1.80. The largest absolute Gasteiger partial charge is 0.453 e.